The van der Waals surface area contributed by atoms with Gasteiger partial charge in [-0.15, -0.1) is 11.8 Å². The fourth-order valence-electron chi connectivity index (χ4n) is 1.26. The molecule has 0 spiro atoms. The van der Waals surface area contributed by atoms with Gasteiger partial charge in [0.25, 0.3) is 0 Å². The molecule has 0 saturated heterocycles. The average Bonchev–Trinajstić information content (AvgIpc) is 2.28. The smallest absolute Gasteiger partial charge is 0.130 e. The summed E-state index contributed by atoms with van der Waals surface area (Å²) in [6.07, 6.45) is 1.72. The Labute approximate surface area is 123 Å². The van der Waals surface area contributed by atoms with Crippen molar-refractivity contribution < 1.29 is 0 Å². The van der Waals surface area contributed by atoms with Crippen LogP contribution in [0.15, 0.2) is 45.9 Å². The lowest BCUT2D eigenvalue weighted by molar-refractivity contribution is 1.25. The summed E-state index contributed by atoms with van der Waals surface area (Å²) < 4.78 is 1.07. The summed E-state index contributed by atoms with van der Waals surface area (Å²) in [5.74, 6) is 0.777. The zero-order valence-corrected chi connectivity index (χ0v) is 12.6. The van der Waals surface area contributed by atoms with Gasteiger partial charge in [0.05, 0.1) is 0 Å². The predicted octanol–water partition coefficient (Wildman–Crippen LogP) is 5.44. The molecule has 0 amide bonds. The standard InChI is InChI=1S/C12H8BrCl2NS/c13-9-2-1-3-10(4-9)17-7-8-6-16-12(15)5-11(8)14/h1-6H,7H2. The molecule has 0 aliphatic carbocycles. The molecule has 1 aromatic heterocycles. The van der Waals surface area contributed by atoms with E-state index in [-0.39, 0.29) is 0 Å². The quantitative estimate of drug-likeness (QED) is 0.540. The van der Waals surface area contributed by atoms with Gasteiger partial charge in [-0.2, -0.15) is 0 Å². The molecular formula is C12H8BrCl2NS. The van der Waals surface area contributed by atoms with E-state index in [4.69, 9.17) is 23.2 Å². The van der Waals surface area contributed by atoms with E-state index in [1.165, 1.54) is 4.90 Å². The fourth-order valence-corrected chi connectivity index (χ4v) is 3.26. The van der Waals surface area contributed by atoms with Gasteiger partial charge >= 0.3 is 0 Å². The summed E-state index contributed by atoms with van der Waals surface area (Å²) in [6, 6.07) is 9.81. The van der Waals surface area contributed by atoms with Crippen LogP contribution in [0.3, 0.4) is 0 Å². The van der Waals surface area contributed by atoms with Gasteiger partial charge in [-0.25, -0.2) is 4.98 Å². The highest BCUT2D eigenvalue weighted by atomic mass is 79.9. The van der Waals surface area contributed by atoms with Crippen molar-refractivity contribution in [3.8, 4) is 0 Å². The first-order valence-electron chi connectivity index (χ1n) is 4.83. The molecule has 1 heterocycles. The van der Waals surface area contributed by atoms with Crippen molar-refractivity contribution in [2.24, 2.45) is 0 Å². The first kappa shape index (κ1) is 13.2. The Bertz CT molecular complexity index is 534. The van der Waals surface area contributed by atoms with Gasteiger partial charge in [0.15, 0.2) is 0 Å². The number of hydrogen-bond donors (Lipinski definition) is 0. The molecular weight excluding hydrogens is 341 g/mol. The molecule has 88 valence electrons. The molecule has 1 nitrogen and oxygen atoms in total. The molecule has 2 rings (SSSR count). The van der Waals surface area contributed by atoms with E-state index in [9.17, 15) is 0 Å². The number of aromatic nitrogens is 1. The lowest BCUT2D eigenvalue weighted by atomic mass is 10.3. The minimum atomic E-state index is 0.422. The first-order valence-corrected chi connectivity index (χ1v) is 7.37. The van der Waals surface area contributed by atoms with E-state index in [2.05, 4.69) is 33.0 Å². The molecule has 0 fully saturated rings. The second-order valence-corrected chi connectivity index (χ2v) is 6.10. The number of halogens is 3. The minimum absolute atomic E-state index is 0.422. The molecule has 0 aliphatic rings. The van der Waals surface area contributed by atoms with Crippen molar-refractivity contribution in [1.82, 2.24) is 4.98 Å². The van der Waals surface area contributed by atoms with Crippen molar-refractivity contribution in [2.75, 3.05) is 0 Å². The number of thioether (sulfide) groups is 1. The maximum Gasteiger partial charge on any atom is 0.130 e. The highest BCUT2D eigenvalue weighted by molar-refractivity contribution is 9.10. The third-order valence-electron chi connectivity index (χ3n) is 2.09. The van der Waals surface area contributed by atoms with Crippen molar-refractivity contribution >= 4 is 50.9 Å². The van der Waals surface area contributed by atoms with E-state index < -0.39 is 0 Å². The first-order chi connectivity index (χ1) is 8.15. The highest BCUT2D eigenvalue weighted by Gasteiger charge is 2.03. The van der Waals surface area contributed by atoms with Crippen LogP contribution in [0.2, 0.25) is 10.2 Å². The second kappa shape index (κ2) is 6.10. The van der Waals surface area contributed by atoms with Crippen molar-refractivity contribution in [2.45, 2.75) is 10.6 Å². The van der Waals surface area contributed by atoms with Gasteiger partial charge in [0.2, 0.25) is 0 Å². The normalized spacial score (nSPS) is 10.5. The number of nitrogens with zero attached hydrogens (tertiary/aromatic N) is 1. The molecule has 0 unspecified atom stereocenters. The monoisotopic (exact) mass is 347 g/mol. The molecule has 0 N–H and O–H groups in total. The maximum absolute atomic E-state index is 6.08. The summed E-state index contributed by atoms with van der Waals surface area (Å²) in [7, 11) is 0. The minimum Gasteiger partial charge on any atom is -0.244 e. The van der Waals surface area contributed by atoms with E-state index >= 15 is 0 Å². The Morgan fingerprint density at radius 2 is 2.06 bits per heavy atom. The van der Waals surface area contributed by atoms with Gasteiger partial charge < -0.3 is 0 Å². The van der Waals surface area contributed by atoms with E-state index in [1.807, 2.05) is 12.1 Å². The summed E-state index contributed by atoms with van der Waals surface area (Å²) in [5.41, 5.74) is 0.987. The zero-order valence-electron chi connectivity index (χ0n) is 8.66. The van der Waals surface area contributed by atoms with Crippen LogP contribution in [0.25, 0.3) is 0 Å². The van der Waals surface area contributed by atoms with E-state index in [0.717, 1.165) is 15.8 Å². The Morgan fingerprint density at radius 1 is 1.24 bits per heavy atom. The highest BCUT2D eigenvalue weighted by Crippen LogP contribution is 2.28. The third kappa shape index (κ3) is 3.88. The van der Waals surface area contributed by atoms with Crippen LogP contribution in [0.1, 0.15) is 5.56 Å². The van der Waals surface area contributed by atoms with Crippen LogP contribution in [0, 0.1) is 0 Å². The largest absolute Gasteiger partial charge is 0.244 e. The van der Waals surface area contributed by atoms with Crippen LogP contribution in [0.5, 0.6) is 0 Å². The molecule has 0 atom stereocenters. The number of rotatable bonds is 3. The Morgan fingerprint density at radius 3 is 2.76 bits per heavy atom. The zero-order chi connectivity index (χ0) is 12.3. The van der Waals surface area contributed by atoms with E-state index in [1.54, 1.807) is 24.0 Å². The van der Waals surface area contributed by atoms with Crippen molar-refractivity contribution in [1.29, 1.82) is 0 Å². The second-order valence-electron chi connectivity index (χ2n) is 3.34. The van der Waals surface area contributed by atoms with Gasteiger partial charge in [-0.3, -0.25) is 0 Å². The van der Waals surface area contributed by atoms with Gasteiger partial charge in [-0.1, -0.05) is 45.2 Å². The average molecular weight is 349 g/mol. The third-order valence-corrected chi connectivity index (χ3v) is 4.18. The van der Waals surface area contributed by atoms with Crippen LogP contribution in [0.4, 0.5) is 0 Å². The number of hydrogen-bond acceptors (Lipinski definition) is 2. The van der Waals surface area contributed by atoms with Crippen LogP contribution >= 0.6 is 50.9 Å². The van der Waals surface area contributed by atoms with Gasteiger partial charge in [0.1, 0.15) is 5.15 Å². The Hall–Kier alpha value is -0.220. The summed E-state index contributed by atoms with van der Waals surface area (Å²) >= 11 is 17.0. The Kier molecular flexibility index (Phi) is 4.74. The lowest BCUT2D eigenvalue weighted by Crippen LogP contribution is -1.85. The van der Waals surface area contributed by atoms with Gasteiger partial charge in [0, 0.05) is 26.3 Å². The summed E-state index contributed by atoms with van der Waals surface area (Å²) in [6.45, 7) is 0. The molecule has 0 saturated carbocycles. The molecule has 0 bridgehead atoms. The SMILES string of the molecule is Clc1cc(Cl)c(CSc2cccc(Br)c2)cn1. The van der Waals surface area contributed by atoms with Gasteiger partial charge in [-0.05, 0) is 29.8 Å². The van der Waals surface area contributed by atoms with Crippen molar-refractivity contribution in [3.05, 3.63) is 56.7 Å². The molecule has 17 heavy (non-hydrogen) atoms. The summed E-state index contributed by atoms with van der Waals surface area (Å²) in [5, 5.41) is 1.08. The molecule has 1 aromatic carbocycles. The van der Waals surface area contributed by atoms with Crippen molar-refractivity contribution in [3.63, 3.8) is 0 Å². The van der Waals surface area contributed by atoms with Crippen LogP contribution in [-0.2, 0) is 5.75 Å². The molecule has 5 heteroatoms. The van der Waals surface area contributed by atoms with Crippen LogP contribution in [-0.4, -0.2) is 4.98 Å². The molecule has 0 radical (unpaired) electrons. The molecule has 0 aliphatic heterocycles. The Balaban J connectivity index is 2.07. The lowest BCUT2D eigenvalue weighted by Gasteiger charge is -2.04. The topological polar surface area (TPSA) is 12.9 Å². The number of benzene rings is 1. The summed E-state index contributed by atoms with van der Waals surface area (Å²) in [4.78, 5) is 5.21. The fraction of sp³-hybridized carbons (Fsp3) is 0.0833. The van der Waals surface area contributed by atoms with Crippen LogP contribution < -0.4 is 0 Å². The molecule has 2 aromatic rings. The number of pyridine rings is 1. The maximum atomic E-state index is 6.08. The van der Waals surface area contributed by atoms with E-state index in [0.29, 0.717) is 10.2 Å². The predicted molar refractivity (Wildman–Crippen MR) is 78.0 cm³/mol.